The van der Waals surface area contributed by atoms with E-state index in [0.29, 0.717) is 0 Å². The van der Waals surface area contributed by atoms with Gasteiger partial charge in [-0.05, 0) is 30.0 Å². The average molecular weight is 404 g/mol. The molecule has 0 fully saturated rings. The number of hydrogen-bond donors (Lipinski definition) is 0. The highest BCUT2D eigenvalue weighted by Gasteiger charge is 2.01. The number of unbranched alkanes of at least 4 members (excludes halogenated alkanes) is 5. The summed E-state index contributed by atoms with van der Waals surface area (Å²) in [7, 11) is 0. The Balaban J connectivity index is 1.73. The molecular weight excluding hydrogens is 362 g/mol. The van der Waals surface area contributed by atoms with Crippen LogP contribution in [0.15, 0.2) is 72.8 Å². The van der Waals surface area contributed by atoms with Crippen molar-refractivity contribution in [2.45, 2.75) is 58.8 Å². The second kappa shape index (κ2) is 15.7. The van der Waals surface area contributed by atoms with Crippen LogP contribution in [0.4, 0.5) is 0 Å². The number of nitrogens with zero attached hydrogens (tertiary/aromatic N) is 1. The Bertz CT molecular complexity index is 648. The number of rotatable bonds is 15. The van der Waals surface area contributed by atoms with Gasteiger partial charge in [-0.1, -0.05) is 137 Å². The third-order valence-electron chi connectivity index (χ3n) is 5.45. The molecule has 162 valence electrons. The summed E-state index contributed by atoms with van der Waals surface area (Å²) in [4.78, 5) is 2.55. The second-order valence-electron chi connectivity index (χ2n) is 8.69. The average Bonchev–Trinajstić information content (AvgIpc) is 2.76. The summed E-state index contributed by atoms with van der Waals surface area (Å²) in [5.74, 6) is 0.853. The molecule has 0 saturated heterocycles. The van der Waals surface area contributed by atoms with Crippen molar-refractivity contribution in [3.05, 3.63) is 83.9 Å². The monoisotopic (exact) mass is 403 g/mol. The van der Waals surface area contributed by atoms with Crippen LogP contribution in [0.2, 0.25) is 0 Å². The minimum Gasteiger partial charge on any atom is -0.296 e. The summed E-state index contributed by atoms with van der Waals surface area (Å²) in [6.07, 6.45) is 18.7. The molecule has 0 aliphatic rings. The Kier molecular flexibility index (Phi) is 12.6. The summed E-state index contributed by atoms with van der Waals surface area (Å²) in [6, 6.07) is 21.2. The van der Waals surface area contributed by atoms with Gasteiger partial charge in [-0.15, -0.1) is 0 Å². The maximum absolute atomic E-state index is 2.55. The molecule has 0 atom stereocenters. The van der Waals surface area contributed by atoms with Crippen LogP contribution in [0.3, 0.4) is 0 Å². The normalized spacial score (nSPS) is 12.0. The van der Waals surface area contributed by atoms with E-state index < -0.39 is 0 Å². The van der Waals surface area contributed by atoms with Crippen LogP contribution < -0.4 is 0 Å². The van der Waals surface area contributed by atoms with E-state index in [-0.39, 0.29) is 0 Å². The minimum absolute atomic E-state index is 0.853. The summed E-state index contributed by atoms with van der Waals surface area (Å²) in [6.45, 7) is 7.83. The van der Waals surface area contributed by atoms with Crippen molar-refractivity contribution in [1.82, 2.24) is 4.90 Å². The topological polar surface area (TPSA) is 3.24 Å². The highest BCUT2D eigenvalue weighted by Crippen LogP contribution is 2.12. The van der Waals surface area contributed by atoms with Crippen molar-refractivity contribution in [1.29, 1.82) is 0 Å². The predicted octanol–water partition coefficient (Wildman–Crippen LogP) is 8.10. The van der Waals surface area contributed by atoms with Crippen LogP contribution in [0.25, 0.3) is 12.2 Å². The minimum atomic E-state index is 0.853. The summed E-state index contributed by atoms with van der Waals surface area (Å²) in [5, 5.41) is 0. The van der Waals surface area contributed by atoms with Crippen LogP contribution in [-0.2, 0) is 0 Å². The summed E-state index contributed by atoms with van der Waals surface area (Å²) in [5.41, 5.74) is 2.55. The first-order valence-corrected chi connectivity index (χ1v) is 11.9. The Labute approximate surface area is 185 Å². The second-order valence-corrected chi connectivity index (χ2v) is 8.69. The quantitative estimate of drug-likeness (QED) is 0.271. The Hall–Kier alpha value is -2.12. The molecule has 0 amide bonds. The van der Waals surface area contributed by atoms with Gasteiger partial charge in [-0.3, -0.25) is 4.90 Å². The molecule has 0 aliphatic heterocycles. The molecular formula is C29H41N. The molecule has 2 aromatic rings. The van der Waals surface area contributed by atoms with E-state index in [2.05, 4.69) is 104 Å². The zero-order valence-electron chi connectivity index (χ0n) is 19.2. The van der Waals surface area contributed by atoms with Crippen molar-refractivity contribution >= 4 is 12.2 Å². The van der Waals surface area contributed by atoms with E-state index in [1.807, 2.05) is 0 Å². The Morgan fingerprint density at radius 1 is 0.633 bits per heavy atom. The van der Waals surface area contributed by atoms with Crippen molar-refractivity contribution in [3.63, 3.8) is 0 Å². The van der Waals surface area contributed by atoms with Gasteiger partial charge in [0.2, 0.25) is 0 Å². The molecule has 1 heteroatoms. The lowest BCUT2D eigenvalue weighted by molar-refractivity contribution is 0.324. The fraction of sp³-hybridized carbons (Fsp3) is 0.448. The van der Waals surface area contributed by atoms with Crippen LogP contribution in [0, 0.1) is 5.92 Å². The molecule has 0 saturated carbocycles. The molecule has 0 unspecified atom stereocenters. The summed E-state index contributed by atoms with van der Waals surface area (Å²) >= 11 is 0. The van der Waals surface area contributed by atoms with E-state index in [1.165, 1.54) is 62.6 Å². The lowest BCUT2D eigenvalue weighted by Gasteiger charge is -2.19. The maximum atomic E-state index is 2.55. The van der Waals surface area contributed by atoms with E-state index in [1.54, 1.807) is 0 Å². The Morgan fingerprint density at radius 3 is 1.60 bits per heavy atom. The highest BCUT2D eigenvalue weighted by molar-refractivity contribution is 5.49. The Morgan fingerprint density at radius 2 is 1.10 bits per heavy atom. The van der Waals surface area contributed by atoms with Gasteiger partial charge in [0.1, 0.15) is 0 Å². The van der Waals surface area contributed by atoms with Gasteiger partial charge in [0.15, 0.2) is 0 Å². The van der Waals surface area contributed by atoms with Gasteiger partial charge in [0.25, 0.3) is 0 Å². The van der Waals surface area contributed by atoms with E-state index >= 15 is 0 Å². The lowest BCUT2D eigenvalue weighted by atomic mass is 10.0. The maximum Gasteiger partial charge on any atom is 0.0169 e. The van der Waals surface area contributed by atoms with Gasteiger partial charge in [0.05, 0.1) is 0 Å². The third-order valence-corrected chi connectivity index (χ3v) is 5.45. The molecule has 30 heavy (non-hydrogen) atoms. The lowest BCUT2D eigenvalue weighted by Crippen LogP contribution is -2.25. The van der Waals surface area contributed by atoms with Gasteiger partial charge in [-0.2, -0.15) is 0 Å². The third kappa shape index (κ3) is 11.8. The van der Waals surface area contributed by atoms with Crippen molar-refractivity contribution < 1.29 is 0 Å². The van der Waals surface area contributed by atoms with E-state index in [0.717, 1.165) is 19.0 Å². The molecule has 0 bridgehead atoms. The van der Waals surface area contributed by atoms with Gasteiger partial charge >= 0.3 is 0 Å². The predicted molar refractivity (Wildman–Crippen MR) is 135 cm³/mol. The molecule has 2 rings (SSSR count). The molecule has 0 N–H and O–H groups in total. The molecule has 0 aliphatic carbocycles. The fourth-order valence-corrected chi connectivity index (χ4v) is 3.66. The molecule has 2 aromatic carbocycles. The number of benzene rings is 2. The zero-order chi connectivity index (χ0) is 21.3. The molecule has 1 nitrogen and oxygen atoms in total. The van der Waals surface area contributed by atoms with Gasteiger partial charge in [-0.25, -0.2) is 0 Å². The number of hydrogen-bond acceptors (Lipinski definition) is 1. The highest BCUT2D eigenvalue weighted by atomic mass is 15.1. The standard InChI is InChI=1S/C29H41N/c1-27(2)17-9-5-3-4-6-14-24-30(25-15-22-28-18-10-7-11-19-28)26-16-23-29-20-12-8-13-21-29/h7-8,10-13,15-16,18-23,27H,3-6,9,14,17,24-26H2,1-2H3. The van der Waals surface area contributed by atoms with Crippen molar-refractivity contribution in [2.75, 3.05) is 19.6 Å². The van der Waals surface area contributed by atoms with Crippen LogP contribution in [0.1, 0.15) is 69.9 Å². The van der Waals surface area contributed by atoms with Gasteiger partial charge in [0, 0.05) is 13.1 Å². The smallest absolute Gasteiger partial charge is 0.0169 e. The first kappa shape index (κ1) is 24.2. The van der Waals surface area contributed by atoms with E-state index in [9.17, 15) is 0 Å². The fourth-order valence-electron chi connectivity index (χ4n) is 3.66. The van der Waals surface area contributed by atoms with Crippen molar-refractivity contribution in [3.8, 4) is 0 Å². The van der Waals surface area contributed by atoms with Crippen molar-refractivity contribution in [2.24, 2.45) is 5.92 Å². The molecule has 0 spiro atoms. The summed E-state index contributed by atoms with van der Waals surface area (Å²) < 4.78 is 0. The molecule has 0 heterocycles. The van der Waals surface area contributed by atoms with Gasteiger partial charge < -0.3 is 0 Å². The van der Waals surface area contributed by atoms with Crippen LogP contribution in [0.5, 0.6) is 0 Å². The van der Waals surface area contributed by atoms with Crippen LogP contribution in [-0.4, -0.2) is 24.5 Å². The zero-order valence-corrected chi connectivity index (χ0v) is 19.2. The largest absolute Gasteiger partial charge is 0.296 e. The first-order valence-electron chi connectivity index (χ1n) is 11.9. The SMILES string of the molecule is CC(C)CCCCCCCCN(CC=Cc1ccccc1)CC=Cc1ccccc1. The molecule has 0 aromatic heterocycles. The molecule has 0 radical (unpaired) electrons. The van der Waals surface area contributed by atoms with E-state index in [4.69, 9.17) is 0 Å². The first-order chi connectivity index (χ1) is 14.7. The van der Waals surface area contributed by atoms with Crippen LogP contribution >= 0.6 is 0 Å².